The monoisotopic (exact) mass is 419 g/mol. The van der Waals surface area contributed by atoms with Crippen LogP contribution in [0.2, 0.25) is 0 Å². The topological polar surface area (TPSA) is 87.7 Å². The molecule has 0 aliphatic carbocycles. The summed E-state index contributed by atoms with van der Waals surface area (Å²) >= 11 is 0. The van der Waals surface area contributed by atoms with Crippen LogP contribution in [0.1, 0.15) is 31.1 Å². The van der Waals surface area contributed by atoms with Crippen LogP contribution in [0.15, 0.2) is 53.4 Å². The number of anilines is 1. The van der Waals surface area contributed by atoms with E-state index in [4.69, 9.17) is 4.74 Å². The standard InChI is InChI=1S/C21H29N3O4S/c1-4-22-29(26,27)20-13-7-17(8-14-20)21(25)23-18-9-11-19(12-10-18)28-16-15-24(5-2)6-3/h7-14,22H,4-6,15-16H2,1-3H3,(H,23,25). The third kappa shape index (κ3) is 6.85. The summed E-state index contributed by atoms with van der Waals surface area (Å²) < 4.78 is 32.1. The fourth-order valence-electron chi connectivity index (χ4n) is 2.73. The van der Waals surface area contributed by atoms with Crippen molar-refractivity contribution in [3.05, 3.63) is 54.1 Å². The van der Waals surface area contributed by atoms with E-state index < -0.39 is 10.0 Å². The van der Waals surface area contributed by atoms with Gasteiger partial charge in [0, 0.05) is 24.3 Å². The summed E-state index contributed by atoms with van der Waals surface area (Å²) in [7, 11) is -3.53. The summed E-state index contributed by atoms with van der Waals surface area (Å²) in [6.45, 7) is 9.71. The molecule has 0 unspecified atom stereocenters. The molecule has 158 valence electrons. The van der Waals surface area contributed by atoms with Crippen molar-refractivity contribution in [2.24, 2.45) is 0 Å². The van der Waals surface area contributed by atoms with Crippen LogP contribution in [0.3, 0.4) is 0 Å². The molecule has 0 atom stereocenters. The quantitative estimate of drug-likeness (QED) is 0.585. The molecule has 0 aliphatic heterocycles. The number of sulfonamides is 1. The van der Waals surface area contributed by atoms with Crippen LogP contribution in [0.25, 0.3) is 0 Å². The lowest BCUT2D eigenvalue weighted by atomic mass is 10.2. The van der Waals surface area contributed by atoms with Gasteiger partial charge in [0.25, 0.3) is 5.91 Å². The maximum Gasteiger partial charge on any atom is 0.255 e. The Balaban J connectivity index is 1.92. The highest BCUT2D eigenvalue weighted by Crippen LogP contribution is 2.17. The summed E-state index contributed by atoms with van der Waals surface area (Å²) in [4.78, 5) is 14.8. The average Bonchev–Trinajstić information content (AvgIpc) is 2.72. The minimum atomic E-state index is -3.53. The summed E-state index contributed by atoms with van der Waals surface area (Å²) in [5, 5.41) is 2.79. The van der Waals surface area contributed by atoms with Gasteiger partial charge in [-0.3, -0.25) is 4.79 Å². The zero-order chi connectivity index (χ0) is 21.3. The minimum absolute atomic E-state index is 0.127. The normalized spacial score (nSPS) is 11.4. The number of hydrogen-bond donors (Lipinski definition) is 2. The highest BCUT2D eigenvalue weighted by atomic mass is 32.2. The molecule has 8 heteroatoms. The third-order valence-corrected chi connectivity index (χ3v) is 6.01. The van der Waals surface area contributed by atoms with Gasteiger partial charge < -0.3 is 15.0 Å². The highest BCUT2D eigenvalue weighted by molar-refractivity contribution is 7.89. The number of amides is 1. The molecule has 0 heterocycles. The fraction of sp³-hybridized carbons (Fsp3) is 0.381. The maximum atomic E-state index is 12.4. The second-order valence-electron chi connectivity index (χ2n) is 6.38. The third-order valence-electron chi connectivity index (χ3n) is 4.44. The predicted molar refractivity (Wildman–Crippen MR) is 115 cm³/mol. The van der Waals surface area contributed by atoms with Crippen LogP contribution in [0.5, 0.6) is 5.75 Å². The molecule has 29 heavy (non-hydrogen) atoms. The molecule has 0 spiro atoms. The molecular weight excluding hydrogens is 390 g/mol. The summed E-state index contributed by atoms with van der Waals surface area (Å²) in [6.07, 6.45) is 0. The molecule has 0 saturated carbocycles. The minimum Gasteiger partial charge on any atom is -0.492 e. The number of nitrogens with zero attached hydrogens (tertiary/aromatic N) is 1. The van der Waals surface area contributed by atoms with E-state index in [-0.39, 0.29) is 10.8 Å². The molecule has 0 bridgehead atoms. The average molecular weight is 420 g/mol. The molecular formula is C21H29N3O4S. The van der Waals surface area contributed by atoms with Crippen molar-refractivity contribution in [1.82, 2.24) is 9.62 Å². The van der Waals surface area contributed by atoms with Crippen LogP contribution < -0.4 is 14.8 Å². The second-order valence-corrected chi connectivity index (χ2v) is 8.15. The summed E-state index contributed by atoms with van der Waals surface area (Å²) in [6, 6.07) is 13.0. The van der Waals surface area contributed by atoms with Crippen molar-refractivity contribution in [1.29, 1.82) is 0 Å². The molecule has 0 fully saturated rings. The van der Waals surface area contributed by atoms with Gasteiger partial charge in [-0.1, -0.05) is 20.8 Å². The summed E-state index contributed by atoms with van der Waals surface area (Å²) in [5.74, 6) is 0.431. The van der Waals surface area contributed by atoms with E-state index in [1.807, 2.05) is 12.1 Å². The van der Waals surface area contributed by atoms with Gasteiger partial charge in [-0.2, -0.15) is 0 Å². The number of carbonyl (C=O) groups is 1. The van der Waals surface area contributed by atoms with Gasteiger partial charge in [0.05, 0.1) is 4.90 Å². The predicted octanol–water partition coefficient (Wildman–Crippen LogP) is 2.96. The lowest BCUT2D eigenvalue weighted by molar-refractivity contribution is 0.102. The van der Waals surface area contributed by atoms with E-state index in [0.717, 1.165) is 25.4 Å². The first-order chi connectivity index (χ1) is 13.9. The lowest BCUT2D eigenvalue weighted by Gasteiger charge is -2.18. The molecule has 0 aromatic heterocycles. The number of rotatable bonds is 11. The molecule has 0 radical (unpaired) electrons. The Bertz CT molecular complexity index is 877. The Morgan fingerprint density at radius 1 is 0.966 bits per heavy atom. The molecule has 2 aromatic carbocycles. The smallest absolute Gasteiger partial charge is 0.255 e. The van der Waals surface area contributed by atoms with E-state index in [1.165, 1.54) is 24.3 Å². The van der Waals surface area contributed by atoms with Gasteiger partial charge in [-0.05, 0) is 61.6 Å². The van der Waals surface area contributed by atoms with Crippen molar-refractivity contribution >= 4 is 21.6 Å². The Labute approximate surface area is 173 Å². The second kappa shape index (κ2) is 10.9. The first-order valence-electron chi connectivity index (χ1n) is 9.75. The van der Waals surface area contributed by atoms with Gasteiger partial charge >= 0.3 is 0 Å². The van der Waals surface area contributed by atoms with Crippen LogP contribution in [-0.2, 0) is 10.0 Å². The fourth-order valence-corrected chi connectivity index (χ4v) is 3.77. The molecule has 2 rings (SSSR count). The van der Waals surface area contributed by atoms with Crippen molar-refractivity contribution in [3.63, 3.8) is 0 Å². The van der Waals surface area contributed by atoms with Gasteiger partial charge in [-0.15, -0.1) is 0 Å². The molecule has 0 saturated heterocycles. The zero-order valence-corrected chi connectivity index (χ0v) is 18.0. The van der Waals surface area contributed by atoms with Crippen molar-refractivity contribution in [3.8, 4) is 5.75 Å². The van der Waals surface area contributed by atoms with Crippen molar-refractivity contribution in [2.75, 3.05) is 38.1 Å². The van der Waals surface area contributed by atoms with Crippen LogP contribution in [0.4, 0.5) is 5.69 Å². The number of nitrogens with one attached hydrogen (secondary N) is 2. The zero-order valence-electron chi connectivity index (χ0n) is 17.1. The van der Waals surface area contributed by atoms with Crippen LogP contribution in [0, 0.1) is 0 Å². The SMILES string of the molecule is CCNS(=O)(=O)c1ccc(C(=O)Nc2ccc(OCCN(CC)CC)cc2)cc1. The van der Waals surface area contributed by atoms with E-state index in [9.17, 15) is 13.2 Å². The largest absolute Gasteiger partial charge is 0.492 e. The van der Waals surface area contributed by atoms with Crippen LogP contribution in [-0.4, -0.2) is 52.0 Å². The molecule has 1 amide bonds. The Kier molecular flexibility index (Phi) is 8.63. The van der Waals surface area contributed by atoms with Crippen molar-refractivity contribution < 1.29 is 17.9 Å². The first kappa shape index (κ1) is 22.9. The molecule has 0 aliphatic rings. The van der Waals surface area contributed by atoms with Crippen LogP contribution >= 0.6 is 0 Å². The Morgan fingerprint density at radius 2 is 1.59 bits per heavy atom. The molecule has 2 aromatic rings. The van der Waals surface area contributed by atoms with Gasteiger partial charge in [-0.25, -0.2) is 13.1 Å². The van der Waals surface area contributed by atoms with Gasteiger partial charge in [0.15, 0.2) is 0 Å². The Morgan fingerprint density at radius 3 is 2.14 bits per heavy atom. The number of likely N-dealkylation sites (N-methyl/N-ethyl adjacent to an activating group) is 1. The number of carbonyl (C=O) groups excluding carboxylic acids is 1. The van der Waals surface area contributed by atoms with E-state index in [1.54, 1.807) is 19.1 Å². The van der Waals surface area contributed by atoms with Crippen molar-refractivity contribution in [2.45, 2.75) is 25.7 Å². The lowest BCUT2D eigenvalue weighted by Crippen LogP contribution is -2.27. The number of ether oxygens (including phenoxy) is 1. The molecule has 7 nitrogen and oxygen atoms in total. The van der Waals surface area contributed by atoms with E-state index in [2.05, 4.69) is 28.8 Å². The van der Waals surface area contributed by atoms with E-state index >= 15 is 0 Å². The number of benzene rings is 2. The highest BCUT2D eigenvalue weighted by Gasteiger charge is 2.14. The molecule has 2 N–H and O–H groups in total. The number of hydrogen-bond acceptors (Lipinski definition) is 5. The first-order valence-corrected chi connectivity index (χ1v) is 11.2. The summed E-state index contributed by atoms with van der Waals surface area (Å²) in [5.41, 5.74) is 1.01. The Hall–Kier alpha value is -2.42. The van der Waals surface area contributed by atoms with E-state index in [0.29, 0.717) is 24.4 Å². The maximum absolute atomic E-state index is 12.4. The van der Waals surface area contributed by atoms with Gasteiger partial charge in [0.2, 0.25) is 10.0 Å². The van der Waals surface area contributed by atoms with Gasteiger partial charge in [0.1, 0.15) is 12.4 Å².